The predicted molar refractivity (Wildman–Crippen MR) is 143 cm³/mol. The molecule has 0 spiro atoms. The van der Waals surface area contributed by atoms with E-state index in [4.69, 9.17) is 18.6 Å². The Labute approximate surface area is 211 Å². The van der Waals surface area contributed by atoms with Gasteiger partial charge < -0.3 is 18.6 Å². The fraction of sp³-hybridized carbons (Fsp3) is 0.893. The minimum atomic E-state index is -2.01. The zero-order valence-electron chi connectivity index (χ0n) is 24.4. The fourth-order valence-corrected chi connectivity index (χ4v) is 6.36. The maximum Gasteiger partial charge on any atom is 0.330 e. The summed E-state index contributed by atoms with van der Waals surface area (Å²) in [7, 11) is -2.01. The van der Waals surface area contributed by atoms with E-state index >= 15 is 0 Å². The van der Waals surface area contributed by atoms with E-state index in [1.54, 1.807) is 6.08 Å². The van der Waals surface area contributed by atoms with E-state index < -0.39 is 14.1 Å². The molecule has 7 atom stereocenters. The summed E-state index contributed by atoms with van der Waals surface area (Å²) in [6.07, 6.45) is 5.84. The molecule has 1 heterocycles. The lowest BCUT2D eigenvalue weighted by molar-refractivity contribution is -0.327. The number of ether oxygens (including phenoxy) is 3. The summed E-state index contributed by atoms with van der Waals surface area (Å²) in [6.45, 7) is 28.9. The lowest BCUT2D eigenvalue weighted by Crippen LogP contribution is -2.52. The number of carbonyl (C=O) groups is 1. The first-order chi connectivity index (χ1) is 15.5. The number of hydrogen-bond acceptors (Lipinski definition) is 5. The second-order valence-corrected chi connectivity index (χ2v) is 17.2. The third kappa shape index (κ3) is 8.76. The Kier molecular flexibility index (Phi) is 11.5. The molecule has 0 amide bonds. The van der Waals surface area contributed by atoms with Crippen LogP contribution < -0.4 is 0 Å². The predicted octanol–water partition coefficient (Wildman–Crippen LogP) is 7.36. The van der Waals surface area contributed by atoms with Crippen molar-refractivity contribution in [2.24, 2.45) is 23.7 Å². The lowest BCUT2D eigenvalue weighted by atomic mass is 9.79. The Hall–Kier alpha value is -0.693. The average molecular weight is 499 g/mol. The molecule has 1 aliphatic heterocycles. The van der Waals surface area contributed by atoms with Crippen LogP contribution in [-0.4, -0.2) is 45.0 Å². The molecule has 0 aromatic carbocycles. The average Bonchev–Trinajstić information content (AvgIpc) is 2.70. The second kappa shape index (κ2) is 12.5. The Bertz CT molecular complexity index is 666. The van der Waals surface area contributed by atoms with Gasteiger partial charge in [0.05, 0.1) is 24.9 Å². The van der Waals surface area contributed by atoms with Crippen LogP contribution in [0, 0.1) is 23.7 Å². The molecule has 0 aromatic rings. The molecule has 0 radical (unpaired) electrons. The van der Waals surface area contributed by atoms with Gasteiger partial charge in [-0.05, 0) is 69.5 Å². The van der Waals surface area contributed by atoms with Crippen molar-refractivity contribution in [2.75, 3.05) is 6.61 Å². The number of hydrogen-bond donors (Lipinski definition) is 0. The summed E-state index contributed by atoms with van der Waals surface area (Å²) in [4.78, 5) is 12.0. The van der Waals surface area contributed by atoms with Gasteiger partial charge >= 0.3 is 5.97 Å². The molecule has 5 nitrogen and oxygen atoms in total. The summed E-state index contributed by atoms with van der Waals surface area (Å²) in [5.41, 5.74) is 0. The van der Waals surface area contributed by atoms with Crippen molar-refractivity contribution < 1.29 is 23.4 Å². The van der Waals surface area contributed by atoms with E-state index in [2.05, 4.69) is 68.5 Å². The van der Waals surface area contributed by atoms with Crippen molar-refractivity contribution in [3.8, 4) is 0 Å². The summed E-state index contributed by atoms with van der Waals surface area (Å²) in [6, 6.07) is 0. The summed E-state index contributed by atoms with van der Waals surface area (Å²) in [5, 5.41) is 0.109. The Morgan fingerprint density at radius 3 is 2.21 bits per heavy atom. The first-order valence-electron chi connectivity index (χ1n) is 13.3. The Morgan fingerprint density at radius 2 is 1.71 bits per heavy atom. The van der Waals surface area contributed by atoms with Gasteiger partial charge in [0.1, 0.15) is 0 Å². The van der Waals surface area contributed by atoms with Crippen molar-refractivity contribution in [2.45, 2.75) is 131 Å². The van der Waals surface area contributed by atoms with Gasteiger partial charge in [-0.1, -0.05) is 61.5 Å². The third-order valence-corrected chi connectivity index (χ3v) is 12.3. The number of esters is 1. The molecule has 0 unspecified atom stereocenters. The molecule has 1 fully saturated rings. The molecule has 1 aliphatic rings. The zero-order chi connectivity index (χ0) is 26.5. The highest BCUT2D eigenvalue weighted by atomic mass is 28.4. The monoisotopic (exact) mass is 498 g/mol. The van der Waals surface area contributed by atoms with Crippen LogP contribution in [0.25, 0.3) is 0 Å². The second-order valence-electron chi connectivity index (χ2n) is 12.4. The van der Waals surface area contributed by atoms with Crippen LogP contribution >= 0.6 is 0 Å². The number of carbonyl (C=O) groups excluding carboxylic acids is 1. The summed E-state index contributed by atoms with van der Waals surface area (Å²) >= 11 is 0. The molecule has 0 aliphatic carbocycles. The van der Waals surface area contributed by atoms with Crippen LogP contribution in [-0.2, 0) is 23.4 Å². The molecule has 0 bridgehead atoms. The Balaban J connectivity index is 3.11. The van der Waals surface area contributed by atoms with Crippen LogP contribution in [0.1, 0.15) is 89.0 Å². The third-order valence-electron chi connectivity index (χ3n) is 7.80. The first-order valence-corrected chi connectivity index (χ1v) is 16.2. The van der Waals surface area contributed by atoms with Crippen LogP contribution in [0.4, 0.5) is 0 Å². The minimum Gasteiger partial charge on any atom is -0.463 e. The molecule has 1 rings (SSSR count). The van der Waals surface area contributed by atoms with E-state index in [-0.39, 0.29) is 35.2 Å². The molecule has 0 saturated carbocycles. The lowest BCUT2D eigenvalue weighted by Gasteiger charge is -2.48. The molecule has 6 heteroatoms. The van der Waals surface area contributed by atoms with Crippen molar-refractivity contribution >= 4 is 14.3 Å². The van der Waals surface area contributed by atoms with Gasteiger partial charge in [-0.2, -0.15) is 0 Å². The molecule has 1 saturated heterocycles. The van der Waals surface area contributed by atoms with Gasteiger partial charge in [-0.3, -0.25) is 0 Å². The maximum atomic E-state index is 12.0. The minimum absolute atomic E-state index is 0.0131. The van der Waals surface area contributed by atoms with Crippen LogP contribution in [0.15, 0.2) is 12.2 Å². The van der Waals surface area contributed by atoms with Gasteiger partial charge in [0.15, 0.2) is 14.1 Å². The molecule has 0 N–H and O–H groups in total. The number of rotatable bonds is 11. The normalized spacial score (nSPS) is 27.3. The molecule has 34 heavy (non-hydrogen) atoms. The van der Waals surface area contributed by atoms with Gasteiger partial charge in [-0.15, -0.1) is 0 Å². The van der Waals surface area contributed by atoms with Gasteiger partial charge in [-0.25, -0.2) is 4.79 Å². The van der Waals surface area contributed by atoms with Gasteiger partial charge in [0.2, 0.25) is 0 Å². The SMILES string of the molecule is CCOC(=O)/C=C/[C@@H](C)[C@H](O[Si](C)(C)C(C)(C)C)[C@H](C)C[C@@H](C)[C@@H]1OC(C)(C)O[C@@H](CC)[C@H]1C. The van der Waals surface area contributed by atoms with Crippen molar-refractivity contribution in [1.29, 1.82) is 0 Å². The molecule has 0 aromatic heterocycles. The fourth-order valence-electron chi connectivity index (χ4n) is 4.88. The molecular weight excluding hydrogens is 444 g/mol. The Morgan fingerprint density at radius 1 is 1.12 bits per heavy atom. The highest BCUT2D eigenvalue weighted by Crippen LogP contribution is 2.42. The zero-order valence-corrected chi connectivity index (χ0v) is 25.4. The summed E-state index contributed by atoms with van der Waals surface area (Å²) < 4.78 is 24.7. The van der Waals surface area contributed by atoms with Crippen molar-refractivity contribution in [1.82, 2.24) is 0 Å². The first kappa shape index (κ1) is 31.3. The largest absolute Gasteiger partial charge is 0.463 e. The van der Waals surface area contributed by atoms with Crippen LogP contribution in [0.5, 0.6) is 0 Å². The van der Waals surface area contributed by atoms with E-state index in [0.29, 0.717) is 24.4 Å². The summed E-state index contributed by atoms with van der Waals surface area (Å²) in [5.74, 6) is 0.220. The van der Waals surface area contributed by atoms with Crippen molar-refractivity contribution in [3.63, 3.8) is 0 Å². The van der Waals surface area contributed by atoms with Crippen molar-refractivity contribution in [3.05, 3.63) is 12.2 Å². The van der Waals surface area contributed by atoms with E-state index in [1.165, 1.54) is 0 Å². The maximum absolute atomic E-state index is 12.0. The smallest absolute Gasteiger partial charge is 0.330 e. The highest BCUT2D eigenvalue weighted by molar-refractivity contribution is 6.74. The van der Waals surface area contributed by atoms with E-state index in [0.717, 1.165) is 12.8 Å². The standard InChI is InChI=1S/C28H54O5Si/c1-14-23-22(6)26(32-28(10,11)31-23)21(5)18-20(4)25(33-34(12,13)27(7,8)9)19(3)16-17-24(29)30-15-2/h16-17,19-23,25-26H,14-15,18H2,1-13H3/b17-16+/t19-,20-,21-,22-,23+,25+,26+/m1/s1. The van der Waals surface area contributed by atoms with Gasteiger partial charge in [0, 0.05) is 12.0 Å². The van der Waals surface area contributed by atoms with E-state index in [1.807, 2.05) is 26.8 Å². The van der Waals surface area contributed by atoms with Gasteiger partial charge in [0.25, 0.3) is 0 Å². The van der Waals surface area contributed by atoms with E-state index in [9.17, 15) is 4.79 Å². The van der Waals surface area contributed by atoms with Crippen LogP contribution in [0.2, 0.25) is 18.1 Å². The topological polar surface area (TPSA) is 54.0 Å². The molecular formula is C28H54O5Si. The molecule has 200 valence electrons. The highest BCUT2D eigenvalue weighted by Gasteiger charge is 2.44. The quantitative estimate of drug-likeness (QED) is 0.169. The van der Waals surface area contributed by atoms with Crippen LogP contribution in [0.3, 0.4) is 0 Å².